The minimum absolute atomic E-state index is 0.367. The first-order valence-corrected chi connectivity index (χ1v) is 7.52. The molecule has 118 valence electrons. The van der Waals surface area contributed by atoms with Gasteiger partial charge in [0.1, 0.15) is 5.75 Å². The molecule has 1 heterocycles. The zero-order valence-corrected chi connectivity index (χ0v) is 13.3. The molecule has 2 aromatic carbocycles. The highest BCUT2D eigenvalue weighted by molar-refractivity contribution is 6.44. The lowest BCUT2D eigenvalue weighted by atomic mass is 10.2. The Morgan fingerprint density at radius 3 is 2.78 bits per heavy atom. The Hall–Kier alpha value is -2.53. The van der Waals surface area contributed by atoms with Gasteiger partial charge < -0.3 is 15.0 Å². The molecule has 2 aromatic rings. The third-order valence-electron chi connectivity index (χ3n) is 3.74. The maximum atomic E-state index is 12.4. The van der Waals surface area contributed by atoms with Crippen molar-refractivity contribution >= 4 is 34.8 Å². The van der Waals surface area contributed by atoms with Crippen molar-refractivity contribution in [3.63, 3.8) is 0 Å². The van der Waals surface area contributed by atoms with Crippen LogP contribution in [0.4, 0.5) is 11.4 Å². The molecule has 0 saturated heterocycles. The van der Waals surface area contributed by atoms with Crippen molar-refractivity contribution in [3.05, 3.63) is 53.1 Å². The van der Waals surface area contributed by atoms with Gasteiger partial charge in [0.25, 0.3) is 0 Å². The Bertz CT molecular complexity index is 776. The highest BCUT2D eigenvalue weighted by Gasteiger charge is 2.29. The molecule has 5 nitrogen and oxygen atoms in total. The van der Waals surface area contributed by atoms with Crippen molar-refractivity contribution in [1.82, 2.24) is 0 Å². The number of hydrogen-bond acceptors (Lipinski definition) is 3. The van der Waals surface area contributed by atoms with Crippen LogP contribution in [0.2, 0.25) is 5.02 Å². The van der Waals surface area contributed by atoms with Gasteiger partial charge >= 0.3 is 11.8 Å². The summed E-state index contributed by atoms with van der Waals surface area (Å²) in [5.41, 5.74) is 2.21. The number of nitrogens with zero attached hydrogens (tertiary/aromatic N) is 1. The van der Waals surface area contributed by atoms with E-state index in [0.29, 0.717) is 23.0 Å². The molecule has 1 N–H and O–H groups in total. The van der Waals surface area contributed by atoms with Crippen molar-refractivity contribution in [2.24, 2.45) is 0 Å². The van der Waals surface area contributed by atoms with E-state index in [4.69, 9.17) is 16.3 Å². The third-order valence-corrected chi connectivity index (χ3v) is 3.97. The molecule has 23 heavy (non-hydrogen) atoms. The molecule has 6 heteroatoms. The lowest BCUT2D eigenvalue weighted by Crippen LogP contribution is -2.38. The fourth-order valence-corrected chi connectivity index (χ4v) is 2.80. The Morgan fingerprint density at radius 2 is 2.00 bits per heavy atom. The Labute approximate surface area is 138 Å². The molecule has 0 aliphatic carbocycles. The quantitative estimate of drug-likeness (QED) is 0.861. The number of para-hydroxylation sites is 1. The number of halogens is 1. The highest BCUT2D eigenvalue weighted by Crippen LogP contribution is 2.29. The van der Waals surface area contributed by atoms with Crippen LogP contribution < -0.4 is 15.0 Å². The van der Waals surface area contributed by atoms with Gasteiger partial charge in [0.05, 0.1) is 12.8 Å². The van der Waals surface area contributed by atoms with Crippen LogP contribution in [0, 0.1) is 0 Å². The lowest BCUT2D eigenvalue weighted by Gasteiger charge is -2.17. The SMILES string of the molecule is COc1ccc(Cl)cc1NC(=O)C(=O)N1CCc2ccccc21. The van der Waals surface area contributed by atoms with Gasteiger partial charge in [-0.15, -0.1) is 0 Å². The minimum atomic E-state index is -0.720. The summed E-state index contributed by atoms with van der Waals surface area (Å²) in [5, 5.41) is 3.01. The van der Waals surface area contributed by atoms with Gasteiger partial charge in [-0.05, 0) is 36.2 Å². The average molecular weight is 331 g/mol. The Balaban J connectivity index is 1.79. The molecule has 1 aliphatic heterocycles. The van der Waals surface area contributed by atoms with E-state index in [9.17, 15) is 9.59 Å². The number of carbonyl (C=O) groups excluding carboxylic acids is 2. The third kappa shape index (κ3) is 3.00. The topological polar surface area (TPSA) is 58.6 Å². The van der Waals surface area contributed by atoms with Crippen LogP contribution in [0.1, 0.15) is 5.56 Å². The van der Waals surface area contributed by atoms with Gasteiger partial charge in [0, 0.05) is 17.3 Å². The van der Waals surface area contributed by atoms with E-state index in [0.717, 1.165) is 17.7 Å². The van der Waals surface area contributed by atoms with Crippen LogP contribution in [0.3, 0.4) is 0 Å². The molecular weight excluding hydrogens is 316 g/mol. The number of carbonyl (C=O) groups is 2. The van der Waals surface area contributed by atoms with E-state index >= 15 is 0 Å². The average Bonchev–Trinajstić information content (AvgIpc) is 2.98. The van der Waals surface area contributed by atoms with E-state index in [1.807, 2.05) is 24.3 Å². The van der Waals surface area contributed by atoms with Crippen molar-refractivity contribution in [1.29, 1.82) is 0 Å². The zero-order valence-electron chi connectivity index (χ0n) is 12.5. The monoisotopic (exact) mass is 330 g/mol. The largest absolute Gasteiger partial charge is 0.495 e. The van der Waals surface area contributed by atoms with Crippen molar-refractivity contribution < 1.29 is 14.3 Å². The molecule has 0 spiro atoms. The lowest BCUT2D eigenvalue weighted by molar-refractivity contribution is -0.134. The van der Waals surface area contributed by atoms with Crippen molar-refractivity contribution in [3.8, 4) is 5.75 Å². The number of anilines is 2. The van der Waals surface area contributed by atoms with Crippen LogP contribution in [0.15, 0.2) is 42.5 Å². The predicted molar refractivity (Wildman–Crippen MR) is 89.1 cm³/mol. The van der Waals surface area contributed by atoms with Gasteiger partial charge in [-0.25, -0.2) is 0 Å². The van der Waals surface area contributed by atoms with Gasteiger partial charge in [-0.3, -0.25) is 9.59 Å². The number of benzene rings is 2. The van der Waals surface area contributed by atoms with Gasteiger partial charge in [-0.1, -0.05) is 29.8 Å². The number of hydrogen-bond donors (Lipinski definition) is 1. The zero-order chi connectivity index (χ0) is 16.4. The maximum absolute atomic E-state index is 12.4. The summed E-state index contributed by atoms with van der Waals surface area (Å²) < 4.78 is 5.16. The Kier molecular flexibility index (Phi) is 4.21. The molecule has 0 aromatic heterocycles. The normalized spacial score (nSPS) is 12.7. The summed E-state index contributed by atoms with van der Waals surface area (Å²) in [7, 11) is 1.48. The Morgan fingerprint density at radius 1 is 1.22 bits per heavy atom. The van der Waals surface area contributed by atoms with Crippen LogP contribution in [-0.4, -0.2) is 25.5 Å². The van der Waals surface area contributed by atoms with Crippen molar-refractivity contribution in [2.45, 2.75) is 6.42 Å². The fraction of sp³-hybridized carbons (Fsp3) is 0.176. The summed E-state index contributed by atoms with van der Waals surface area (Å²) >= 11 is 5.93. The molecule has 0 atom stereocenters. The van der Waals surface area contributed by atoms with E-state index in [-0.39, 0.29) is 0 Å². The molecule has 2 amide bonds. The number of amides is 2. The number of nitrogens with one attached hydrogen (secondary N) is 1. The van der Waals surface area contributed by atoms with Gasteiger partial charge in [0.15, 0.2) is 0 Å². The number of ether oxygens (including phenoxy) is 1. The first-order chi connectivity index (χ1) is 11.1. The molecule has 1 aliphatic rings. The number of rotatable bonds is 2. The van der Waals surface area contributed by atoms with Crippen LogP contribution in [0.25, 0.3) is 0 Å². The number of methoxy groups -OCH3 is 1. The molecule has 0 fully saturated rings. The molecule has 3 rings (SSSR count). The van der Waals surface area contributed by atoms with Crippen LogP contribution >= 0.6 is 11.6 Å². The summed E-state index contributed by atoms with van der Waals surface area (Å²) in [5.74, 6) is -0.878. The fourth-order valence-electron chi connectivity index (χ4n) is 2.63. The first kappa shape index (κ1) is 15.4. The van der Waals surface area contributed by atoms with Crippen LogP contribution in [-0.2, 0) is 16.0 Å². The molecule has 0 radical (unpaired) electrons. The predicted octanol–water partition coefficient (Wildman–Crippen LogP) is 2.88. The van der Waals surface area contributed by atoms with Gasteiger partial charge in [-0.2, -0.15) is 0 Å². The second-order valence-corrected chi connectivity index (χ2v) is 5.57. The highest BCUT2D eigenvalue weighted by atomic mass is 35.5. The summed E-state index contributed by atoms with van der Waals surface area (Å²) in [6.07, 6.45) is 0.746. The van der Waals surface area contributed by atoms with E-state index in [1.54, 1.807) is 18.2 Å². The molecular formula is C17H15ClN2O3. The first-order valence-electron chi connectivity index (χ1n) is 7.14. The molecule has 0 unspecified atom stereocenters. The van der Waals surface area contributed by atoms with Crippen LogP contribution in [0.5, 0.6) is 5.75 Å². The second-order valence-electron chi connectivity index (χ2n) is 5.13. The summed E-state index contributed by atoms with van der Waals surface area (Å²) in [6, 6.07) is 12.4. The van der Waals surface area contributed by atoms with E-state index in [2.05, 4.69) is 5.32 Å². The smallest absolute Gasteiger partial charge is 0.316 e. The summed E-state index contributed by atoms with van der Waals surface area (Å²) in [4.78, 5) is 26.2. The number of fused-ring (bicyclic) bond motifs is 1. The minimum Gasteiger partial charge on any atom is -0.495 e. The van der Waals surface area contributed by atoms with E-state index in [1.165, 1.54) is 12.0 Å². The van der Waals surface area contributed by atoms with E-state index < -0.39 is 11.8 Å². The van der Waals surface area contributed by atoms with Gasteiger partial charge in [0.2, 0.25) is 0 Å². The second kappa shape index (κ2) is 6.30. The maximum Gasteiger partial charge on any atom is 0.316 e. The summed E-state index contributed by atoms with van der Waals surface area (Å²) in [6.45, 7) is 0.498. The standard InChI is InChI=1S/C17H15ClN2O3/c1-23-15-7-6-12(18)10-13(15)19-16(21)17(22)20-9-8-11-4-2-3-5-14(11)20/h2-7,10H,8-9H2,1H3,(H,19,21). The molecule has 0 saturated carbocycles. The molecule has 0 bridgehead atoms. The van der Waals surface area contributed by atoms with Crippen molar-refractivity contribution in [2.75, 3.05) is 23.9 Å².